The number of ketones is 1. The van der Waals surface area contributed by atoms with Gasteiger partial charge in [-0.1, -0.05) is 32.6 Å². The second-order valence-electron chi connectivity index (χ2n) is 6.67. The largest absolute Gasteiger partial charge is 0.294 e. The fourth-order valence-electron chi connectivity index (χ4n) is 4.19. The Hall–Kier alpha value is -1.12. The van der Waals surface area contributed by atoms with Gasteiger partial charge in [0.15, 0.2) is 5.78 Å². The maximum atomic E-state index is 12.6. The van der Waals surface area contributed by atoms with E-state index in [-0.39, 0.29) is 5.92 Å². The molecule has 3 nitrogen and oxygen atoms in total. The number of carbonyl (C=O) groups excluding carboxylic acids is 1. The summed E-state index contributed by atoms with van der Waals surface area (Å²) in [6.07, 6.45) is 13.8. The van der Waals surface area contributed by atoms with Crippen LogP contribution in [0.5, 0.6) is 0 Å². The van der Waals surface area contributed by atoms with E-state index in [4.69, 9.17) is 0 Å². The average Bonchev–Trinajstić information content (AvgIpc) is 2.95. The van der Waals surface area contributed by atoms with Gasteiger partial charge in [0.2, 0.25) is 0 Å². The molecule has 0 spiro atoms. The molecule has 3 rings (SSSR count). The minimum atomic E-state index is 0.258. The predicted molar refractivity (Wildman–Crippen MR) is 79.6 cm³/mol. The van der Waals surface area contributed by atoms with Gasteiger partial charge >= 0.3 is 0 Å². The van der Waals surface area contributed by atoms with Gasteiger partial charge in [-0.15, -0.1) is 0 Å². The van der Waals surface area contributed by atoms with E-state index in [9.17, 15) is 4.79 Å². The zero-order valence-electron chi connectivity index (χ0n) is 12.6. The van der Waals surface area contributed by atoms with Gasteiger partial charge in [-0.3, -0.25) is 9.48 Å². The van der Waals surface area contributed by atoms with E-state index in [1.165, 1.54) is 32.1 Å². The summed E-state index contributed by atoms with van der Waals surface area (Å²) in [5.74, 6) is 2.33. The van der Waals surface area contributed by atoms with Crippen LogP contribution < -0.4 is 0 Å². The quantitative estimate of drug-likeness (QED) is 0.775. The molecule has 1 heterocycles. The molecule has 0 amide bonds. The summed E-state index contributed by atoms with van der Waals surface area (Å²) in [4.78, 5) is 12.6. The van der Waals surface area contributed by atoms with Crippen LogP contribution in [0.15, 0.2) is 12.4 Å². The highest BCUT2D eigenvalue weighted by Crippen LogP contribution is 2.43. The van der Waals surface area contributed by atoms with Gasteiger partial charge in [-0.2, -0.15) is 5.10 Å². The summed E-state index contributed by atoms with van der Waals surface area (Å²) in [5, 5.41) is 4.30. The van der Waals surface area contributed by atoms with Crippen LogP contribution in [-0.4, -0.2) is 15.6 Å². The van der Waals surface area contributed by atoms with Crippen molar-refractivity contribution in [2.24, 2.45) is 17.8 Å². The fraction of sp³-hybridized carbons (Fsp3) is 0.765. The molecule has 3 atom stereocenters. The zero-order valence-corrected chi connectivity index (χ0v) is 12.6. The summed E-state index contributed by atoms with van der Waals surface area (Å²) in [5.41, 5.74) is 0.831. The van der Waals surface area contributed by atoms with Crippen LogP contribution >= 0.6 is 0 Å². The third kappa shape index (κ3) is 2.82. The molecule has 1 aromatic rings. The van der Waals surface area contributed by atoms with Crippen LogP contribution in [0.4, 0.5) is 0 Å². The van der Waals surface area contributed by atoms with E-state index in [0.717, 1.165) is 43.2 Å². The van der Waals surface area contributed by atoms with Crippen LogP contribution in [0.25, 0.3) is 0 Å². The SMILES string of the molecule is CCCn1cc(C(=O)C2CCC3CCCCC3C2)cn1. The van der Waals surface area contributed by atoms with Crippen LogP contribution in [0.3, 0.4) is 0 Å². The molecule has 0 radical (unpaired) electrons. The van der Waals surface area contributed by atoms with Crippen molar-refractivity contribution < 1.29 is 4.79 Å². The third-order valence-corrected chi connectivity index (χ3v) is 5.28. The molecular weight excluding hydrogens is 248 g/mol. The summed E-state index contributed by atoms with van der Waals surface area (Å²) >= 11 is 0. The Morgan fingerprint density at radius 2 is 2.05 bits per heavy atom. The number of Topliss-reactive ketones (excluding diaryl/α,β-unsaturated/α-hetero) is 1. The Labute approximate surface area is 121 Å². The van der Waals surface area contributed by atoms with Crippen molar-refractivity contribution in [3.63, 3.8) is 0 Å². The number of nitrogens with zero attached hydrogens (tertiary/aromatic N) is 2. The lowest BCUT2D eigenvalue weighted by Gasteiger charge is -2.38. The zero-order chi connectivity index (χ0) is 13.9. The third-order valence-electron chi connectivity index (χ3n) is 5.28. The Kier molecular flexibility index (Phi) is 4.23. The molecule has 20 heavy (non-hydrogen) atoms. The van der Waals surface area contributed by atoms with E-state index in [1.54, 1.807) is 6.20 Å². The minimum absolute atomic E-state index is 0.258. The molecule has 110 valence electrons. The van der Waals surface area contributed by atoms with Crippen LogP contribution in [-0.2, 0) is 6.54 Å². The minimum Gasteiger partial charge on any atom is -0.294 e. The molecule has 3 unspecified atom stereocenters. The van der Waals surface area contributed by atoms with Crippen molar-refractivity contribution in [1.29, 1.82) is 0 Å². The Morgan fingerprint density at radius 3 is 2.85 bits per heavy atom. The molecule has 2 aliphatic rings. The molecule has 0 aromatic carbocycles. The van der Waals surface area contributed by atoms with Crippen LogP contribution in [0.1, 0.15) is 68.6 Å². The van der Waals surface area contributed by atoms with Gasteiger partial charge in [0.05, 0.1) is 11.8 Å². The first-order valence-electron chi connectivity index (χ1n) is 8.34. The first kappa shape index (κ1) is 13.8. The van der Waals surface area contributed by atoms with Gasteiger partial charge in [0, 0.05) is 18.7 Å². The first-order valence-corrected chi connectivity index (χ1v) is 8.34. The summed E-state index contributed by atoms with van der Waals surface area (Å²) in [6.45, 7) is 3.04. The van der Waals surface area contributed by atoms with Crippen molar-refractivity contribution in [3.05, 3.63) is 18.0 Å². The molecule has 0 N–H and O–H groups in total. The number of fused-ring (bicyclic) bond motifs is 1. The molecule has 2 fully saturated rings. The normalized spacial score (nSPS) is 29.9. The topological polar surface area (TPSA) is 34.9 Å². The van der Waals surface area contributed by atoms with E-state index in [2.05, 4.69) is 12.0 Å². The van der Waals surface area contributed by atoms with Gasteiger partial charge < -0.3 is 0 Å². The summed E-state index contributed by atoms with van der Waals surface area (Å²) in [6, 6.07) is 0. The van der Waals surface area contributed by atoms with Crippen molar-refractivity contribution in [3.8, 4) is 0 Å². The Morgan fingerprint density at radius 1 is 1.25 bits per heavy atom. The molecule has 1 aromatic heterocycles. The molecule has 2 aliphatic carbocycles. The molecule has 0 bridgehead atoms. The number of hydrogen-bond donors (Lipinski definition) is 0. The molecule has 0 aliphatic heterocycles. The first-order chi connectivity index (χ1) is 9.78. The van der Waals surface area contributed by atoms with Crippen molar-refractivity contribution >= 4 is 5.78 Å². The van der Waals surface area contributed by atoms with E-state index in [1.807, 2.05) is 10.9 Å². The predicted octanol–water partition coefficient (Wildman–Crippen LogP) is 4.08. The highest BCUT2D eigenvalue weighted by Gasteiger charge is 2.35. The van der Waals surface area contributed by atoms with Crippen LogP contribution in [0, 0.1) is 17.8 Å². The summed E-state index contributed by atoms with van der Waals surface area (Å²) < 4.78 is 1.90. The lowest BCUT2D eigenvalue weighted by atomic mass is 9.66. The maximum absolute atomic E-state index is 12.6. The highest BCUT2D eigenvalue weighted by atomic mass is 16.1. The van der Waals surface area contributed by atoms with Crippen molar-refractivity contribution in [2.45, 2.75) is 64.8 Å². The highest BCUT2D eigenvalue weighted by molar-refractivity contribution is 5.97. The van der Waals surface area contributed by atoms with Crippen molar-refractivity contribution in [1.82, 2.24) is 9.78 Å². The second-order valence-corrected chi connectivity index (χ2v) is 6.67. The fourth-order valence-corrected chi connectivity index (χ4v) is 4.19. The second kappa shape index (κ2) is 6.11. The monoisotopic (exact) mass is 274 g/mol. The Balaban J connectivity index is 1.64. The van der Waals surface area contributed by atoms with Crippen LogP contribution in [0.2, 0.25) is 0 Å². The van der Waals surface area contributed by atoms with E-state index >= 15 is 0 Å². The van der Waals surface area contributed by atoms with Gasteiger partial charge in [-0.25, -0.2) is 0 Å². The van der Waals surface area contributed by atoms with Gasteiger partial charge in [0.25, 0.3) is 0 Å². The lowest BCUT2D eigenvalue weighted by Crippen LogP contribution is -2.31. The van der Waals surface area contributed by atoms with E-state index < -0.39 is 0 Å². The average molecular weight is 274 g/mol. The van der Waals surface area contributed by atoms with E-state index in [0.29, 0.717) is 5.78 Å². The number of hydrogen-bond acceptors (Lipinski definition) is 2. The molecule has 0 saturated heterocycles. The van der Waals surface area contributed by atoms with Gasteiger partial charge in [0.1, 0.15) is 0 Å². The molecule has 3 heteroatoms. The van der Waals surface area contributed by atoms with Crippen molar-refractivity contribution in [2.75, 3.05) is 0 Å². The smallest absolute Gasteiger partial charge is 0.169 e. The number of aromatic nitrogens is 2. The summed E-state index contributed by atoms with van der Waals surface area (Å²) in [7, 11) is 0. The standard InChI is InChI=1S/C17H26N2O/c1-2-9-19-12-16(11-18-19)17(20)15-8-7-13-5-3-4-6-14(13)10-15/h11-15H,2-10H2,1H3. The van der Waals surface area contributed by atoms with Gasteiger partial charge in [-0.05, 0) is 37.5 Å². The maximum Gasteiger partial charge on any atom is 0.169 e. The number of aryl methyl sites for hydroxylation is 1. The number of carbonyl (C=O) groups is 1. The molecule has 2 saturated carbocycles. The molecular formula is C17H26N2O. The lowest BCUT2D eigenvalue weighted by molar-refractivity contribution is 0.0763. The Bertz CT molecular complexity index is 465. The number of rotatable bonds is 4.